The van der Waals surface area contributed by atoms with Crippen molar-refractivity contribution in [3.8, 4) is 0 Å². The summed E-state index contributed by atoms with van der Waals surface area (Å²) >= 11 is 1.70. The van der Waals surface area contributed by atoms with Gasteiger partial charge < -0.3 is 20.1 Å². The van der Waals surface area contributed by atoms with Gasteiger partial charge in [-0.3, -0.25) is 9.59 Å². The van der Waals surface area contributed by atoms with Crippen LogP contribution in [0, 0.1) is 5.92 Å². The summed E-state index contributed by atoms with van der Waals surface area (Å²) in [7, 11) is 0. The van der Waals surface area contributed by atoms with Crippen molar-refractivity contribution in [3.63, 3.8) is 0 Å². The summed E-state index contributed by atoms with van der Waals surface area (Å²) in [5, 5.41) is 13.6. The largest absolute Gasteiger partial charge is 0.483 e. The maximum absolute atomic E-state index is 13.0. The van der Waals surface area contributed by atoms with E-state index in [0.717, 1.165) is 62.6 Å². The quantitative estimate of drug-likeness (QED) is 0.458. The van der Waals surface area contributed by atoms with Crippen LogP contribution in [0.1, 0.15) is 56.7 Å². The summed E-state index contributed by atoms with van der Waals surface area (Å²) < 4.78 is 5.44. The summed E-state index contributed by atoms with van der Waals surface area (Å²) in [5.41, 5.74) is 2.35. The number of benzene rings is 1. The van der Waals surface area contributed by atoms with Crippen molar-refractivity contribution in [2.45, 2.75) is 50.9 Å². The van der Waals surface area contributed by atoms with Gasteiger partial charge >= 0.3 is 0 Å². The van der Waals surface area contributed by atoms with Gasteiger partial charge in [-0.2, -0.15) is 0 Å². The minimum absolute atomic E-state index is 0.116. The number of thiazole rings is 1. The zero-order valence-electron chi connectivity index (χ0n) is 19.4. The number of nitrogens with zero attached hydrogens (tertiary/aromatic N) is 2. The number of hydrogen-bond donors (Lipinski definition) is 2. The molecule has 180 valence electrons. The molecule has 4 rings (SSSR count). The van der Waals surface area contributed by atoms with Crippen molar-refractivity contribution in [3.05, 3.63) is 47.0 Å². The van der Waals surface area contributed by atoms with Crippen LogP contribution in [-0.2, 0) is 19.7 Å². The Morgan fingerprint density at radius 2 is 1.94 bits per heavy atom. The first kappa shape index (κ1) is 25.2. The maximum atomic E-state index is 13.0. The lowest BCUT2D eigenvalue weighted by atomic mass is 9.70. The summed E-state index contributed by atoms with van der Waals surface area (Å²) in [6, 6.07) is 10.7. The van der Waals surface area contributed by atoms with Gasteiger partial charge in [-0.25, -0.2) is 4.98 Å². The number of nitrogens with one attached hydrogen (secondary N) is 1. The van der Waals surface area contributed by atoms with Gasteiger partial charge in [0.2, 0.25) is 5.91 Å². The van der Waals surface area contributed by atoms with Crippen molar-refractivity contribution in [2.75, 3.05) is 38.2 Å². The van der Waals surface area contributed by atoms with Crippen LogP contribution in [0.5, 0.6) is 0 Å². The highest BCUT2D eigenvalue weighted by atomic mass is 32.1. The summed E-state index contributed by atoms with van der Waals surface area (Å²) in [4.78, 5) is 28.5. The molecule has 0 unspecified atom stereocenters. The molecule has 2 aliphatic rings. The van der Waals surface area contributed by atoms with Crippen LogP contribution in [0.15, 0.2) is 35.7 Å². The maximum Gasteiger partial charge on any atom is 0.290 e. The van der Waals surface area contributed by atoms with E-state index in [9.17, 15) is 4.79 Å². The predicted molar refractivity (Wildman–Crippen MR) is 131 cm³/mol. The second-order valence-electron chi connectivity index (χ2n) is 8.58. The van der Waals surface area contributed by atoms with E-state index in [1.165, 1.54) is 12.0 Å². The number of carbonyl (C=O) groups is 2. The first-order chi connectivity index (χ1) is 16.1. The lowest BCUT2D eigenvalue weighted by molar-refractivity contribution is -0.140. The van der Waals surface area contributed by atoms with Crippen LogP contribution in [0.2, 0.25) is 0 Å². The highest BCUT2D eigenvalue weighted by Crippen LogP contribution is 2.43. The van der Waals surface area contributed by atoms with Crippen LogP contribution in [-0.4, -0.2) is 60.2 Å². The summed E-state index contributed by atoms with van der Waals surface area (Å²) in [5.74, 6) is 0.455. The number of rotatable bonds is 7. The van der Waals surface area contributed by atoms with Crippen LogP contribution in [0.4, 0.5) is 5.13 Å². The molecule has 2 fully saturated rings. The SMILES string of the molecule is CCCCNc1nc(C2(c3ccccc3)CCN(C(=O)C3CCOCC3)CC2)cs1.O=CO. The number of anilines is 1. The molecule has 0 aliphatic carbocycles. The number of hydrogen-bond acceptors (Lipinski definition) is 6. The van der Waals surface area contributed by atoms with E-state index >= 15 is 0 Å². The van der Waals surface area contributed by atoms with Gasteiger partial charge in [0, 0.05) is 49.6 Å². The van der Waals surface area contributed by atoms with E-state index in [4.69, 9.17) is 19.6 Å². The molecule has 33 heavy (non-hydrogen) atoms. The molecular formula is C25H35N3O4S. The van der Waals surface area contributed by atoms with Gasteiger partial charge in [0.1, 0.15) is 0 Å². The van der Waals surface area contributed by atoms with Gasteiger partial charge in [-0.15, -0.1) is 11.3 Å². The fourth-order valence-electron chi connectivity index (χ4n) is 4.71. The Hall–Kier alpha value is -2.45. The molecule has 2 N–H and O–H groups in total. The number of carboxylic acid groups (broad SMARTS) is 1. The topological polar surface area (TPSA) is 91.8 Å². The molecule has 0 saturated carbocycles. The Morgan fingerprint density at radius 3 is 2.58 bits per heavy atom. The number of aromatic nitrogens is 1. The third-order valence-corrected chi connectivity index (χ3v) is 7.43. The van der Waals surface area contributed by atoms with E-state index < -0.39 is 0 Å². The first-order valence-corrected chi connectivity index (χ1v) is 12.7. The molecule has 1 amide bonds. The first-order valence-electron chi connectivity index (χ1n) is 11.8. The average molecular weight is 474 g/mol. The third kappa shape index (κ3) is 6.32. The second kappa shape index (κ2) is 12.7. The van der Waals surface area contributed by atoms with Crippen molar-refractivity contribution >= 4 is 28.8 Å². The lowest BCUT2D eigenvalue weighted by Gasteiger charge is -2.42. The molecule has 0 radical (unpaired) electrons. The number of ether oxygens (including phenoxy) is 1. The number of likely N-dealkylation sites (tertiary alicyclic amines) is 1. The highest BCUT2D eigenvalue weighted by Gasteiger charge is 2.41. The smallest absolute Gasteiger partial charge is 0.290 e. The fraction of sp³-hybridized carbons (Fsp3) is 0.560. The number of amides is 1. The third-order valence-electron chi connectivity index (χ3n) is 6.63. The minimum atomic E-state index is -0.250. The minimum Gasteiger partial charge on any atom is -0.483 e. The Balaban J connectivity index is 0.000000968. The van der Waals surface area contributed by atoms with Crippen molar-refractivity contribution in [1.82, 2.24) is 9.88 Å². The van der Waals surface area contributed by atoms with Gasteiger partial charge in [-0.05, 0) is 37.7 Å². The molecule has 8 heteroatoms. The Kier molecular flexibility index (Phi) is 9.69. The number of piperidine rings is 1. The molecule has 0 spiro atoms. The van der Waals surface area contributed by atoms with Gasteiger partial charge in [-0.1, -0.05) is 43.7 Å². The van der Waals surface area contributed by atoms with Crippen LogP contribution < -0.4 is 5.32 Å². The van der Waals surface area contributed by atoms with E-state index in [1.807, 2.05) is 0 Å². The summed E-state index contributed by atoms with van der Waals surface area (Å²) in [6.07, 6.45) is 5.89. The number of unbranched alkanes of at least 4 members (excludes halogenated alkanes) is 1. The standard InChI is InChI=1S/C24H33N3O2S.CH2O2/c1-2-3-13-25-23-26-21(18-30-23)24(20-7-5-4-6-8-20)11-14-27(15-12-24)22(28)19-9-16-29-17-10-19;2-1-3/h4-8,18-19H,2-3,9-17H2,1H3,(H,25,26);1H,(H,2,3). The molecule has 2 aromatic rings. The van der Waals surface area contributed by atoms with E-state index in [-0.39, 0.29) is 17.8 Å². The average Bonchev–Trinajstić information content (AvgIpc) is 3.35. The van der Waals surface area contributed by atoms with Crippen LogP contribution >= 0.6 is 11.3 Å². The molecule has 2 aliphatic heterocycles. The molecule has 2 saturated heterocycles. The summed E-state index contributed by atoms with van der Waals surface area (Å²) in [6.45, 7) is 5.93. The van der Waals surface area contributed by atoms with E-state index in [2.05, 4.69) is 52.9 Å². The van der Waals surface area contributed by atoms with Crippen molar-refractivity contribution in [2.24, 2.45) is 5.92 Å². The Morgan fingerprint density at radius 1 is 1.27 bits per heavy atom. The van der Waals surface area contributed by atoms with Crippen molar-refractivity contribution in [1.29, 1.82) is 0 Å². The normalized spacial score (nSPS) is 18.2. The molecule has 1 aromatic carbocycles. The van der Waals surface area contributed by atoms with Crippen LogP contribution in [0.25, 0.3) is 0 Å². The van der Waals surface area contributed by atoms with E-state index in [0.29, 0.717) is 19.1 Å². The second-order valence-corrected chi connectivity index (χ2v) is 9.44. The van der Waals surface area contributed by atoms with Crippen LogP contribution in [0.3, 0.4) is 0 Å². The van der Waals surface area contributed by atoms with Crippen molar-refractivity contribution < 1.29 is 19.4 Å². The zero-order chi connectivity index (χ0) is 23.5. The molecule has 0 bridgehead atoms. The monoisotopic (exact) mass is 473 g/mol. The fourth-order valence-corrected chi connectivity index (χ4v) is 5.55. The predicted octanol–water partition coefficient (Wildman–Crippen LogP) is 4.39. The molecule has 7 nitrogen and oxygen atoms in total. The van der Waals surface area contributed by atoms with Gasteiger partial charge in [0.25, 0.3) is 6.47 Å². The molecular weight excluding hydrogens is 438 g/mol. The Labute approximate surface area is 200 Å². The Bertz CT molecular complexity index is 860. The molecule has 1 aromatic heterocycles. The van der Waals surface area contributed by atoms with Gasteiger partial charge in [0.15, 0.2) is 5.13 Å². The molecule has 0 atom stereocenters. The number of carbonyl (C=O) groups excluding carboxylic acids is 1. The highest BCUT2D eigenvalue weighted by molar-refractivity contribution is 7.13. The van der Waals surface area contributed by atoms with E-state index in [1.54, 1.807) is 11.3 Å². The van der Waals surface area contributed by atoms with Gasteiger partial charge in [0.05, 0.1) is 5.69 Å². The zero-order valence-corrected chi connectivity index (χ0v) is 20.2. The molecule has 3 heterocycles. The lowest BCUT2D eigenvalue weighted by Crippen LogP contribution is -2.48.